The molecule has 0 radical (unpaired) electrons. The van der Waals surface area contributed by atoms with Gasteiger partial charge in [-0.2, -0.15) is 0 Å². The van der Waals surface area contributed by atoms with Crippen molar-refractivity contribution >= 4 is 23.1 Å². The van der Waals surface area contributed by atoms with E-state index in [-0.39, 0.29) is 12.4 Å². The van der Waals surface area contributed by atoms with Crippen molar-refractivity contribution in [1.29, 1.82) is 0 Å². The van der Waals surface area contributed by atoms with Gasteiger partial charge < -0.3 is 10.0 Å². The number of halogens is 1. The van der Waals surface area contributed by atoms with Crippen LogP contribution in [0, 0.1) is 0 Å². The highest BCUT2D eigenvalue weighted by Crippen LogP contribution is 2.30. The van der Waals surface area contributed by atoms with E-state index < -0.39 is 0 Å². The van der Waals surface area contributed by atoms with Gasteiger partial charge in [-0.25, -0.2) is 0 Å². The van der Waals surface area contributed by atoms with Crippen LogP contribution in [0.5, 0.6) is 0 Å². The van der Waals surface area contributed by atoms with E-state index in [1.54, 1.807) is 6.07 Å². The molecule has 0 aliphatic heterocycles. The van der Waals surface area contributed by atoms with Crippen LogP contribution in [0.15, 0.2) is 18.2 Å². The quantitative estimate of drug-likeness (QED) is 0.843. The lowest BCUT2D eigenvalue weighted by Gasteiger charge is -2.36. The molecule has 0 heterocycles. The van der Waals surface area contributed by atoms with Gasteiger partial charge in [-0.05, 0) is 38.0 Å². The SMILES string of the molecule is CC(=O)c1ccc(N(CCO)C2CCCCC2)cc1Cl. The summed E-state index contributed by atoms with van der Waals surface area (Å²) in [5, 5.41) is 9.81. The molecule has 0 atom stereocenters. The van der Waals surface area contributed by atoms with Crippen LogP contribution in [0.4, 0.5) is 5.69 Å². The molecule has 4 heteroatoms. The second-order valence-electron chi connectivity index (χ2n) is 5.43. The standard InChI is InChI=1S/C16H22ClNO2/c1-12(20)15-8-7-14(11-16(15)17)18(9-10-19)13-5-3-2-4-6-13/h7-8,11,13,19H,2-6,9-10H2,1H3. The number of aliphatic hydroxyl groups excluding tert-OH is 1. The third-order valence-corrected chi connectivity index (χ3v) is 4.33. The third kappa shape index (κ3) is 3.53. The largest absolute Gasteiger partial charge is 0.395 e. The van der Waals surface area contributed by atoms with Gasteiger partial charge in [-0.3, -0.25) is 4.79 Å². The number of aliphatic hydroxyl groups is 1. The average molecular weight is 296 g/mol. The Labute approximate surface area is 125 Å². The Morgan fingerprint density at radius 2 is 2.05 bits per heavy atom. The second-order valence-corrected chi connectivity index (χ2v) is 5.84. The summed E-state index contributed by atoms with van der Waals surface area (Å²) in [6, 6.07) is 6.04. The summed E-state index contributed by atoms with van der Waals surface area (Å²) in [5.41, 5.74) is 1.56. The number of anilines is 1. The zero-order valence-electron chi connectivity index (χ0n) is 11.9. The average Bonchev–Trinajstić information content (AvgIpc) is 2.45. The molecule has 20 heavy (non-hydrogen) atoms. The molecule has 1 aliphatic carbocycles. The molecule has 0 amide bonds. The molecule has 1 saturated carbocycles. The fraction of sp³-hybridized carbons (Fsp3) is 0.562. The van der Waals surface area contributed by atoms with Gasteiger partial charge in [0.2, 0.25) is 0 Å². The van der Waals surface area contributed by atoms with Crippen LogP contribution in [0.1, 0.15) is 49.4 Å². The number of benzene rings is 1. The summed E-state index contributed by atoms with van der Waals surface area (Å²) in [4.78, 5) is 13.7. The van der Waals surface area contributed by atoms with Crippen molar-refractivity contribution in [2.75, 3.05) is 18.1 Å². The molecule has 1 N–H and O–H groups in total. The topological polar surface area (TPSA) is 40.5 Å². The van der Waals surface area contributed by atoms with Gasteiger partial charge in [-0.15, -0.1) is 0 Å². The lowest BCUT2D eigenvalue weighted by molar-refractivity contribution is 0.101. The maximum Gasteiger partial charge on any atom is 0.161 e. The lowest BCUT2D eigenvalue weighted by atomic mass is 9.93. The lowest BCUT2D eigenvalue weighted by Crippen LogP contribution is -2.38. The van der Waals surface area contributed by atoms with Crippen LogP contribution in [-0.2, 0) is 0 Å². The zero-order chi connectivity index (χ0) is 14.5. The Morgan fingerprint density at radius 1 is 1.35 bits per heavy atom. The van der Waals surface area contributed by atoms with Gasteiger partial charge >= 0.3 is 0 Å². The molecule has 110 valence electrons. The van der Waals surface area contributed by atoms with Crippen LogP contribution in [0.3, 0.4) is 0 Å². The first-order valence-electron chi connectivity index (χ1n) is 7.31. The molecule has 0 bridgehead atoms. The molecule has 0 unspecified atom stereocenters. The van der Waals surface area contributed by atoms with Crippen molar-refractivity contribution in [1.82, 2.24) is 0 Å². The fourth-order valence-corrected chi connectivity index (χ4v) is 3.30. The first-order valence-corrected chi connectivity index (χ1v) is 7.69. The summed E-state index contributed by atoms with van der Waals surface area (Å²) in [6.07, 6.45) is 6.10. The van der Waals surface area contributed by atoms with Crippen LogP contribution in [0.2, 0.25) is 5.02 Å². The van der Waals surface area contributed by atoms with E-state index in [0.29, 0.717) is 23.2 Å². The summed E-state index contributed by atoms with van der Waals surface area (Å²) in [5.74, 6) is -0.0204. The molecule has 0 saturated heterocycles. The van der Waals surface area contributed by atoms with Crippen molar-refractivity contribution in [3.63, 3.8) is 0 Å². The summed E-state index contributed by atoms with van der Waals surface area (Å²) < 4.78 is 0. The molecule has 1 aromatic rings. The third-order valence-electron chi connectivity index (χ3n) is 4.02. The Hall–Kier alpha value is -1.06. The fourth-order valence-electron chi connectivity index (χ4n) is 2.99. The number of carbonyl (C=O) groups excluding carboxylic acids is 1. The van der Waals surface area contributed by atoms with Crippen molar-refractivity contribution in [3.8, 4) is 0 Å². The predicted octanol–water partition coefficient (Wildman–Crippen LogP) is 3.67. The van der Waals surface area contributed by atoms with Crippen LogP contribution < -0.4 is 4.90 Å². The number of carbonyl (C=O) groups is 1. The highest BCUT2D eigenvalue weighted by molar-refractivity contribution is 6.34. The number of hydrogen-bond acceptors (Lipinski definition) is 3. The van der Waals surface area contributed by atoms with Crippen LogP contribution in [0.25, 0.3) is 0 Å². The maximum absolute atomic E-state index is 11.4. The van der Waals surface area contributed by atoms with Gasteiger partial charge in [0.1, 0.15) is 0 Å². The number of nitrogens with zero attached hydrogens (tertiary/aromatic N) is 1. The number of rotatable bonds is 5. The van der Waals surface area contributed by atoms with Gasteiger partial charge in [-0.1, -0.05) is 30.9 Å². The van der Waals surface area contributed by atoms with Gasteiger partial charge in [0.15, 0.2) is 5.78 Å². The van der Waals surface area contributed by atoms with E-state index in [1.165, 1.54) is 26.2 Å². The van der Waals surface area contributed by atoms with E-state index in [0.717, 1.165) is 18.5 Å². The van der Waals surface area contributed by atoms with Crippen LogP contribution in [-0.4, -0.2) is 30.1 Å². The summed E-state index contributed by atoms with van der Waals surface area (Å²) in [7, 11) is 0. The van der Waals surface area contributed by atoms with E-state index >= 15 is 0 Å². The van der Waals surface area contributed by atoms with Gasteiger partial charge in [0.25, 0.3) is 0 Å². The maximum atomic E-state index is 11.4. The minimum atomic E-state index is -0.0204. The first kappa shape index (κ1) is 15.3. The molecule has 1 aliphatic rings. The number of hydrogen-bond donors (Lipinski definition) is 1. The second kappa shape index (κ2) is 7.09. The van der Waals surface area contributed by atoms with Crippen LogP contribution >= 0.6 is 11.6 Å². The highest BCUT2D eigenvalue weighted by Gasteiger charge is 2.21. The van der Waals surface area contributed by atoms with Crippen molar-refractivity contribution < 1.29 is 9.90 Å². The van der Waals surface area contributed by atoms with Gasteiger partial charge in [0, 0.05) is 23.8 Å². The summed E-state index contributed by atoms with van der Waals surface area (Å²) >= 11 is 6.20. The minimum Gasteiger partial charge on any atom is -0.395 e. The Kier molecular flexibility index (Phi) is 5.44. The summed E-state index contributed by atoms with van der Waals surface area (Å²) in [6.45, 7) is 2.26. The highest BCUT2D eigenvalue weighted by atomic mass is 35.5. The molecular formula is C16H22ClNO2. The molecule has 0 spiro atoms. The van der Waals surface area contributed by atoms with Crippen molar-refractivity contribution in [3.05, 3.63) is 28.8 Å². The Bertz CT molecular complexity index is 470. The normalized spacial score (nSPS) is 16.1. The van der Waals surface area contributed by atoms with Crippen molar-refractivity contribution in [2.45, 2.75) is 45.1 Å². The Morgan fingerprint density at radius 3 is 2.60 bits per heavy atom. The monoisotopic (exact) mass is 295 g/mol. The van der Waals surface area contributed by atoms with Crippen molar-refractivity contribution in [2.24, 2.45) is 0 Å². The van der Waals surface area contributed by atoms with E-state index in [2.05, 4.69) is 4.90 Å². The predicted molar refractivity (Wildman–Crippen MR) is 82.8 cm³/mol. The molecular weight excluding hydrogens is 274 g/mol. The van der Waals surface area contributed by atoms with Gasteiger partial charge in [0.05, 0.1) is 11.6 Å². The number of Topliss-reactive ketones (excluding diaryl/α,β-unsaturated/α-hetero) is 1. The Balaban J connectivity index is 2.24. The van der Waals surface area contributed by atoms with E-state index in [9.17, 15) is 9.90 Å². The minimum absolute atomic E-state index is 0.0204. The number of ketones is 1. The molecule has 1 fully saturated rings. The molecule has 2 rings (SSSR count). The molecule has 3 nitrogen and oxygen atoms in total. The smallest absolute Gasteiger partial charge is 0.161 e. The molecule has 1 aromatic carbocycles. The molecule has 0 aromatic heterocycles. The zero-order valence-corrected chi connectivity index (χ0v) is 12.7. The first-order chi connectivity index (χ1) is 9.63. The van der Waals surface area contributed by atoms with E-state index in [4.69, 9.17) is 11.6 Å². The van der Waals surface area contributed by atoms with E-state index in [1.807, 2.05) is 12.1 Å².